The van der Waals surface area contributed by atoms with Crippen LogP contribution in [0.1, 0.15) is 20.8 Å². The summed E-state index contributed by atoms with van der Waals surface area (Å²) in [6.45, 7) is 5.62. The summed E-state index contributed by atoms with van der Waals surface area (Å²) in [5, 5.41) is 6.05. The third-order valence-electron chi connectivity index (χ3n) is 2.50. The molecule has 0 radical (unpaired) electrons. The molecule has 2 aromatic rings. The summed E-state index contributed by atoms with van der Waals surface area (Å²) in [5.41, 5.74) is 1.72. The average Bonchev–Trinajstić information content (AvgIpc) is 2.75. The predicted molar refractivity (Wildman–Crippen MR) is 76.6 cm³/mol. The molecular formula is C14H18N4O. The average molecular weight is 258 g/mol. The summed E-state index contributed by atoms with van der Waals surface area (Å²) in [7, 11) is 0. The highest BCUT2D eigenvalue weighted by Crippen LogP contribution is 2.18. The normalized spacial score (nSPS) is 10.5. The standard InChI is InChI=1S/C14H18N4O/c1-10(2)16-14-15-7-8-18(14)13-6-4-5-12(9-13)17-11(3)19/h4-10H,1-3H3,(H,15,16)(H,17,19). The fraction of sp³-hybridized carbons (Fsp3) is 0.286. The first-order chi connectivity index (χ1) is 9.06. The summed E-state index contributed by atoms with van der Waals surface area (Å²) in [6, 6.07) is 7.95. The minimum Gasteiger partial charge on any atom is -0.353 e. The van der Waals surface area contributed by atoms with Crippen LogP contribution < -0.4 is 10.6 Å². The smallest absolute Gasteiger partial charge is 0.221 e. The molecule has 0 bridgehead atoms. The Hall–Kier alpha value is -2.30. The fourth-order valence-corrected chi connectivity index (χ4v) is 1.81. The third-order valence-corrected chi connectivity index (χ3v) is 2.50. The summed E-state index contributed by atoms with van der Waals surface area (Å²) in [5.74, 6) is 0.707. The summed E-state index contributed by atoms with van der Waals surface area (Å²) in [6.07, 6.45) is 3.63. The van der Waals surface area contributed by atoms with Crippen molar-refractivity contribution in [3.63, 3.8) is 0 Å². The minimum absolute atomic E-state index is 0.0803. The number of anilines is 2. The van der Waals surface area contributed by atoms with Crippen molar-refractivity contribution in [2.75, 3.05) is 10.6 Å². The Kier molecular flexibility index (Phi) is 3.85. The van der Waals surface area contributed by atoms with Crippen LogP contribution in [0.5, 0.6) is 0 Å². The molecule has 0 atom stereocenters. The number of nitrogens with one attached hydrogen (secondary N) is 2. The predicted octanol–water partition coefficient (Wildman–Crippen LogP) is 2.65. The van der Waals surface area contributed by atoms with Crippen LogP contribution in [0.4, 0.5) is 11.6 Å². The van der Waals surface area contributed by atoms with Crippen LogP contribution in [0, 0.1) is 0 Å². The van der Waals surface area contributed by atoms with Gasteiger partial charge in [-0.05, 0) is 32.0 Å². The number of nitrogens with zero attached hydrogens (tertiary/aromatic N) is 2. The van der Waals surface area contributed by atoms with Crippen molar-refractivity contribution in [3.8, 4) is 5.69 Å². The van der Waals surface area contributed by atoms with Gasteiger partial charge in [-0.2, -0.15) is 0 Å². The first-order valence-corrected chi connectivity index (χ1v) is 6.24. The highest BCUT2D eigenvalue weighted by atomic mass is 16.1. The van der Waals surface area contributed by atoms with E-state index in [2.05, 4.69) is 29.5 Å². The van der Waals surface area contributed by atoms with E-state index in [9.17, 15) is 4.79 Å². The van der Waals surface area contributed by atoms with E-state index in [0.717, 1.165) is 17.3 Å². The van der Waals surface area contributed by atoms with Crippen LogP contribution in [-0.2, 0) is 4.79 Å². The SMILES string of the molecule is CC(=O)Nc1cccc(-n2ccnc2NC(C)C)c1. The lowest BCUT2D eigenvalue weighted by molar-refractivity contribution is -0.114. The molecule has 19 heavy (non-hydrogen) atoms. The van der Waals surface area contributed by atoms with E-state index in [4.69, 9.17) is 0 Å². The van der Waals surface area contributed by atoms with E-state index in [1.165, 1.54) is 6.92 Å². The lowest BCUT2D eigenvalue weighted by atomic mass is 10.2. The highest BCUT2D eigenvalue weighted by molar-refractivity contribution is 5.88. The number of benzene rings is 1. The quantitative estimate of drug-likeness (QED) is 0.886. The van der Waals surface area contributed by atoms with Crippen LogP contribution in [0.25, 0.3) is 5.69 Å². The van der Waals surface area contributed by atoms with Crippen LogP contribution in [0.15, 0.2) is 36.7 Å². The number of rotatable bonds is 4. The van der Waals surface area contributed by atoms with Crippen molar-refractivity contribution in [1.29, 1.82) is 0 Å². The molecule has 0 aliphatic rings. The van der Waals surface area contributed by atoms with Gasteiger partial charge in [0, 0.05) is 31.0 Å². The zero-order valence-corrected chi connectivity index (χ0v) is 11.3. The van der Waals surface area contributed by atoms with Gasteiger partial charge in [0.15, 0.2) is 0 Å². The molecule has 1 heterocycles. The van der Waals surface area contributed by atoms with Gasteiger partial charge in [-0.1, -0.05) is 6.07 Å². The maximum Gasteiger partial charge on any atom is 0.221 e. The number of hydrogen-bond donors (Lipinski definition) is 2. The van der Waals surface area contributed by atoms with E-state index in [0.29, 0.717) is 6.04 Å². The third kappa shape index (κ3) is 3.34. The second-order valence-corrected chi connectivity index (χ2v) is 4.65. The van der Waals surface area contributed by atoms with Crippen molar-refractivity contribution < 1.29 is 4.79 Å². The Bertz CT molecular complexity index is 574. The summed E-state index contributed by atoms with van der Waals surface area (Å²) < 4.78 is 1.95. The zero-order valence-electron chi connectivity index (χ0n) is 11.3. The Morgan fingerprint density at radius 2 is 2.16 bits per heavy atom. The van der Waals surface area contributed by atoms with Crippen molar-refractivity contribution in [2.24, 2.45) is 0 Å². The van der Waals surface area contributed by atoms with Crippen LogP contribution in [0.3, 0.4) is 0 Å². The van der Waals surface area contributed by atoms with Crippen LogP contribution in [0.2, 0.25) is 0 Å². The minimum atomic E-state index is -0.0803. The lowest BCUT2D eigenvalue weighted by Crippen LogP contribution is -2.14. The van der Waals surface area contributed by atoms with Gasteiger partial charge >= 0.3 is 0 Å². The van der Waals surface area contributed by atoms with Gasteiger partial charge in [-0.3, -0.25) is 9.36 Å². The molecule has 5 heteroatoms. The molecule has 0 spiro atoms. The number of carbonyl (C=O) groups is 1. The molecule has 1 amide bonds. The second-order valence-electron chi connectivity index (χ2n) is 4.65. The van der Waals surface area contributed by atoms with Gasteiger partial charge in [-0.25, -0.2) is 4.98 Å². The van der Waals surface area contributed by atoms with E-state index in [-0.39, 0.29) is 5.91 Å². The molecule has 0 aliphatic carbocycles. The van der Waals surface area contributed by atoms with Gasteiger partial charge in [0.2, 0.25) is 11.9 Å². The Morgan fingerprint density at radius 1 is 1.37 bits per heavy atom. The second kappa shape index (κ2) is 5.56. The summed E-state index contributed by atoms with van der Waals surface area (Å²) >= 11 is 0. The van der Waals surface area contributed by atoms with E-state index in [1.807, 2.05) is 35.0 Å². The molecule has 0 unspecified atom stereocenters. The largest absolute Gasteiger partial charge is 0.353 e. The first kappa shape index (κ1) is 13.1. The molecule has 2 N–H and O–H groups in total. The number of carbonyl (C=O) groups excluding carboxylic acids is 1. The highest BCUT2D eigenvalue weighted by Gasteiger charge is 2.06. The fourth-order valence-electron chi connectivity index (χ4n) is 1.81. The number of aromatic nitrogens is 2. The van der Waals surface area contributed by atoms with E-state index >= 15 is 0 Å². The lowest BCUT2D eigenvalue weighted by Gasteiger charge is -2.13. The molecule has 0 saturated carbocycles. The first-order valence-electron chi connectivity index (χ1n) is 6.24. The zero-order chi connectivity index (χ0) is 13.8. The molecule has 0 saturated heterocycles. The van der Waals surface area contributed by atoms with Crippen molar-refractivity contribution in [2.45, 2.75) is 26.8 Å². The van der Waals surface area contributed by atoms with Gasteiger partial charge in [0.05, 0.1) is 5.69 Å². The van der Waals surface area contributed by atoms with Gasteiger partial charge < -0.3 is 10.6 Å². The van der Waals surface area contributed by atoms with Crippen molar-refractivity contribution >= 4 is 17.5 Å². The summed E-state index contributed by atoms with van der Waals surface area (Å²) in [4.78, 5) is 15.4. The van der Waals surface area contributed by atoms with Crippen molar-refractivity contribution in [1.82, 2.24) is 9.55 Å². The van der Waals surface area contributed by atoms with Gasteiger partial charge in [0.1, 0.15) is 0 Å². The Morgan fingerprint density at radius 3 is 2.84 bits per heavy atom. The molecule has 100 valence electrons. The van der Waals surface area contributed by atoms with E-state index < -0.39 is 0 Å². The number of amides is 1. The van der Waals surface area contributed by atoms with E-state index in [1.54, 1.807) is 6.20 Å². The number of hydrogen-bond acceptors (Lipinski definition) is 3. The van der Waals surface area contributed by atoms with Crippen molar-refractivity contribution in [3.05, 3.63) is 36.7 Å². The Labute approximate surface area is 112 Å². The number of imidazole rings is 1. The maximum absolute atomic E-state index is 11.1. The molecule has 0 aliphatic heterocycles. The molecule has 0 fully saturated rings. The van der Waals surface area contributed by atoms with Gasteiger partial charge in [0.25, 0.3) is 0 Å². The molecule has 5 nitrogen and oxygen atoms in total. The van der Waals surface area contributed by atoms with Crippen LogP contribution in [-0.4, -0.2) is 21.5 Å². The monoisotopic (exact) mass is 258 g/mol. The molecular weight excluding hydrogens is 240 g/mol. The molecule has 2 rings (SSSR count). The molecule has 1 aromatic carbocycles. The van der Waals surface area contributed by atoms with Gasteiger partial charge in [-0.15, -0.1) is 0 Å². The van der Waals surface area contributed by atoms with Crippen LogP contribution >= 0.6 is 0 Å². The molecule has 1 aromatic heterocycles. The topological polar surface area (TPSA) is 59.0 Å². The maximum atomic E-state index is 11.1. The Balaban J connectivity index is 2.31.